The third-order valence-corrected chi connectivity index (χ3v) is 11.6. The van der Waals surface area contributed by atoms with Crippen molar-refractivity contribution in [2.75, 3.05) is 32.8 Å². The fourth-order valence-electron chi connectivity index (χ4n) is 2.62. The lowest BCUT2D eigenvalue weighted by molar-refractivity contribution is -0.898. The van der Waals surface area contributed by atoms with Gasteiger partial charge in [-0.2, -0.15) is 0 Å². The Labute approximate surface area is 263 Å². The van der Waals surface area contributed by atoms with Gasteiger partial charge in [-0.3, -0.25) is 0 Å². The molecule has 2 aromatic carbocycles. The van der Waals surface area contributed by atoms with Crippen molar-refractivity contribution in [3.63, 3.8) is 0 Å². The van der Waals surface area contributed by atoms with E-state index in [1.54, 1.807) is 0 Å². The Morgan fingerprint density at radius 2 is 1.13 bits per heavy atom. The van der Waals surface area contributed by atoms with E-state index in [1.165, 1.54) is 4.90 Å². The molecule has 168 valence electrons. The van der Waals surface area contributed by atoms with Crippen LogP contribution in [0.15, 0.2) is 24.3 Å². The van der Waals surface area contributed by atoms with E-state index in [1.807, 2.05) is 24.3 Å². The Morgan fingerprint density at radius 3 is 1.48 bits per heavy atom. The van der Waals surface area contributed by atoms with Crippen LogP contribution in [0.4, 0.5) is 0 Å². The van der Waals surface area contributed by atoms with Gasteiger partial charge in [0.05, 0.1) is 17.7 Å². The number of halogens is 6. The molecule has 0 aromatic heterocycles. The Hall–Kier alpha value is 1.72. The summed E-state index contributed by atoms with van der Waals surface area (Å²) in [5.41, 5.74) is 1.20. The Balaban J connectivity index is 1.83. The molecule has 0 saturated heterocycles. The second kappa shape index (κ2) is 14.3. The Kier molecular flexibility index (Phi) is 13.4. The Bertz CT molecular complexity index is 894. The molecule has 0 unspecified atom stereocenters. The van der Waals surface area contributed by atoms with Crippen molar-refractivity contribution in [1.29, 1.82) is 0 Å². The van der Waals surface area contributed by atoms with E-state index in [4.69, 9.17) is 9.47 Å². The zero-order chi connectivity index (χ0) is 23.1. The molecule has 1 N–H and O–H groups in total. The van der Waals surface area contributed by atoms with Gasteiger partial charge in [0.25, 0.3) is 0 Å². The van der Waals surface area contributed by atoms with Crippen molar-refractivity contribution in [2.24, 2.45) is 0 Å². The highest BCUT2D eigenvalue weighted by Gasteiger charge is 2.18. The quantitative estimate of drug-likeness (QED) is 0.213. The van der Waals surface area contributed by atoms with E-state index in [0.29, 0.717) is 37.4 Å². The van der Waals surface area contributed by atoms with Crippen LogP contribution < -0.4 is 4.90 Å². The molecule has 0 radical (unpaired) electrons. The van der Waals surface area contributed by atoms with Gasteiger partial charge in [-0.15, -0.1) is 0 Å². The summed E-state index contributed by atoms with van der Waals surface area (Å²) in [5, 5.41) is 0. The number of hydrogen-bond acceptors (Lipinski definition) is 4. The van der Waals surface area contributed by atoms with Crippen LogP contribution in [-0.2, 0) is 9.47 Å². The first-order valence-electron chi connectivity index (χ1n) is 9.10. The number of carbonyl (C=O) groups excluding carboxylic acids is 2. The second-order valence-electron chi connectivity index (χ2n) is 6.37. The molecule has 0 amide bonds. The normalized spacial score (nSPS) is 11.0. The van der Waals surface area contributed by atoms with Crippen molar-refractivity contribution in [2.45, 2.75) is 6.92 Å². The first-order valence-corrected chi connectivity index (χ1v) is 15.6. The van der Waals surface area contributed by atoms with Crippen molar-refractivity contribution >= 4 is 147 Å². The molecular weight excluding hydrogens is 1080 g/mol. The summed E-state index contributed by atoms with van der Waals surface area (Å²) < 4.78 is 16.9. The maximum absolute atomic E-state index is 12.5. The third kappa shape index (κ3) is 9.02. The maximum atomic E-state index is 12.5. The fraction of sp³-hybridized carbons (Fsp3) is 0.300. The minimum atomic E-state index is -0.300. The topological polar surface area (TPSA) is 57.0 Å². The third-order valence-electron chi connectivity index (χ3n) is 4.30. The van der Waals surface area contributed by atoms with Crippen molar-refractivity contribution < 1.29 is 24.0 Å². The average molecular weight is 1100 g/mol. The number of benzene rings is 2. The number of ether oxygens (including phenoxy) is 2. The van der Waals surface area contributed by atoms with Gasteiger partial charge < -0.3 is 14.4 Å². The smallest absolute Gasteiger partial charge is 0.339 e. The zero-order valence-corrected chi connectivity index (χ0v) is 29.2. The highest BCUT2D eigenvalue weighted by molar-refractivity contribution is 14.1. The molecule has 0 aliphatic heterocycles. The molecule has 31 heavy (non-hydrogen) atoms. The summed E-state index contributed by atoms with van der Waals surface area (Å²) in [6, 6.07) is 7.76. The summed E-state index contributed by atoms with van der Waals surface area (Å²) in [6.07, 6.45) is 0. The van der Waals surface area contributed by atoms with Crippen LogP contribution in [0.5, 0.6) is 0 Å². The van der Waals surface area contributed by atoms with E-state index in [0.717, 1.165) is 28.0 Å². The summed E-state index contributed by atoms with van der Waals surface area (Å²) in [5.74, 6) is -0.601. The molecule has 0 fully saturated rings. The number of likely N-dealkylation sites (N-methyl/N-ethyl adjacent to an activating group) is 1. The molecule has 0 atom stereocenters. The summed E-state index contributed by atoms with van der Waals surface area (Å²) >= 11 is 13.2. The SMILES string of the molecule is CC[NH+](CCOC(=O)c1cc(I)cc(I)c1I)CCOC(=O)c1cc(I)cc(I)c1I. The molecule has 0 aliphatic rings. The lowest BCUT2D eigenvalue weighted by atomic mass is 10.2. The van der Waals surface area contributed by atoms with E-state index in [2.05, 4.69) is 142 Å². The molecule has 0 saturated carbocycles. The van der Waals surface area contributed by atoms with E-state index >= 15 is 0 Å². The minimum absolute atomic E-state index is 0.300. The van der Waals surface area contributed by atoms with Gasteiger partial charge in [0.15, 0.2) is 0 Å². The van der Waals surface area contributed by atoms with Gasteiger partial charge >= 0.3 is 11.9 Å². The van der Waals surface area contributed by atoms with Gasteiger partial charge in [-0.1, -0.05) is 0 Å². The molecular formula is C20H18I6NO4+. The monoisotopic (exact) mass is 1100 g/mol. The number of rotatable bonds is 9. The molecule has 11 heteroatoms. The lowest BCUT2D eigenvalue weighted by Crippen LogP contribution is -3.12. The molecule has 0 spiro atoms. The van der Waals surface area contributed by atoms with Gasteiger partial charge in [0.2, 0.25) is 0 Å². The summed E-state index contributed by atoms with van der Waals surface area (Å²) in [6.45, 7) is 4.88. The molecule has 0 aliphatic carbocycles. The van der Waals surface area contributed by atoms with Gasteiger partial charge in [-0.05, 0) is 167 Å². The number of quaternary nitrogens is 1. The van der Waals surface area contributed by atoms with Crippen LogP contribution in [0.3, 0.4) is 0 Å². The first-order chi connectivity index (χ1) is 14.6. The molecule has 0 bridgehead atoms. The average Bonchev–Trinajstić information content (AvgIpc) is 2.71. The number of esters is 2. The largest absolute Gasteiger partial charge is 0.456 e. The standard InChI is InChI=1S/C20H17I6NO4/c1-2-27(3-5-30-19(28)13-7-11(21)9-15(23)17(13)25)4-6-31-20(29)14-8-12(22)10-16(24)18(14)26/h7-10H,2-6H2,1H3/p+1. The minimum Gasteiger partial charge on any atom is -0.456 e. The predicted octanol–water partition coefficient (Wildman–Crippen LogP) is 5.23. The number of hydrogen-bond donors (Lipinski definition) is 1. The predicted molar refractivity (Wildman–Crippen MR) is 171 cm³/mol. The molecule has 2 aromatic rings. The number of nitrogens with one attached hydrogen (secondary N) is 1. The van der Waals surface area contributed by atoms with Crippen LogP contribution >= 0.6 is 136 Å². The van der Waals surface area contributed by atoms with E-state index in [-0.39, 0.29) is 11.9 Å². The fourth-order valence-corrected chi connectivity index (χ4v) is 7.37. The number of carbonyl (C=O) groups is 2. The Morgan fingerprint density at radius 1 is 0.742 bits per heavy atom. The summed E-state index contributed by atoms with van der Waals surface area (Å²) in [4.78, 5) is 26.2. The van der Waals surface area contributed by atoms with Crippen LogP contribution in [0.2, 0.25) is 0 Å². The highest BCUT2D eigenvalue weighted by Crippen LogP contribution is 2.24. The van der Waals surface area contributed by atoms with Gasteiger partial charge in [-0.25, -0.2) is 9.59 Å². The maximum Gasteiger partial charge on any atom is 0.339 e. The van der Waals surface area contributed by atoms with E-state index < -0.39 is 0 Å². The highest BCUT2D eigenvalue weighted by atomic mass is 127. The summed E-state index contributed by atoms with van der Waals surface area (Å²) in [7, 11) is 0. The molecule has 0 heterocycles. The molecule has 2 rings (SSSR count). The van der Waals surface area contributed by atoms with Crippen LogP contribution in [0.25, 0.3) is 0 Å². The van der Waals surface area contributed by atoms with Gasteiger partial charge in [0, 0.05) is 21.4 Å². The molecule has 5 nitrogen and oxygen atoms in total. The van der Waals surface area contributed by atoms with Crippen LogP contribution in [0.1, 0.15) is 27.6 Å². The van der Waals surface area contributed by atoms with Crippen molar-refractivity contribution in [1.82, 2.24) is 0 Å². The lowest BCUT2D eigenvalue weighted by Gasteiger charge is -2.18. The van der Waals surface area contributed by atoms with Crippen molar-refractivity contribution in [3.8, 4) is 0 Å². The first kappa shape index (κ1) is 29.0. The van der Waals surface area contributed by atoms with Gasteiger partial charge in [0.1, 0.15) is 26.3 Å². The van der Waals surface area contributed by atoms with Crippen LogP contribution in [0, 0.1) is 21.4 Å². The van der Waals surface area contributed by atoms with E-state index in [9.17, 15) is 9.59 Å². The van der Waals surface area contributed by atoms with Crippen molar-refractivity contribution in [3.05, 3.63) is 56.8 Å². The van der Waals surface area contributed by atoms with Crippen LogP contribution in [-0.4, -0.2) is 44.8 Å². The zero-order valence-electron chi connectivity index (χ0n) is 16.2. The second-order valence-corrected chi connectivity index (χ2v) is 13.3.